The normalized spacial score (nSPS) is 11.6. The van der Waals surface area contributed by atoms with Crippen molar-refractivity contribution in [2.75, 3.05) is 12.4 Å². The summed E-state index contributed by atoms with van der Waals surface area (Å²) in [7, 11) is 1.38. The third kappa shape index (κ3) is 2.94. The Hall–Kier alpha value is -2.59. The summed E-state index contributed by atoms with van der Waals surface area (Å²) in [5.74, 6) is -0.363. The van der Waals surface area contributed by atoms with Gasteiger partial charge < -0.3 is 10.1 Å². The first-order chi connectivity index (χ1) is 12.2. The zero-order chi connectivity index (χ0) is 17.4. The van der Waals surface area contributed by atoms with Gasteiger partial charge in [-0.3, -0.25) is 0 Å². The van der Waals surface area contributed by atoms with E-state index in [1.807, 2.05) is 12.1 Å². The first-order valence-electron chi connectivity index (χ1n) is 8.02. The summed E-state index contributed by atoms with van der Waals surface area (Å²) in [5, 5.41) is 3.38. The summed E-state index contributed by atoms with van der Waals surface area (Å²) in [4.78, 5) is 11.8. The summed E-state index contributed by atoms with van der Waals surface area (Å²) >= 11 is 3.39. The Morgan fingerprint density at radius 2 is 1.68 bits per heavy atom. The summed E-state index contributed by atoms with van der Waals surface area (Å²) in [6.07, 6.45) is 0.983. The number of hydrogen-bond donors (Lipinski definition) is 1. The quantitative estimate of drug-likeness (QED) is 0.463. The molecule has 3 aromatic carbocycles. The molecular formula is C21H16BrNO2. The Morgan fingerprint density at radius 1 is 0.960 bits per heavy atom. The second-order valence-corrected chi connectivity index (χ2v) is 6.87. The highest BCUT2D eigenvalue weighted by atomic mass is 79.9. The van der Waals surface area contributed by atoms with E-state index in [1.165, 1.54) is 29.4 Å². The molecule has 3 aromatic rings. The van der Waals surface area contributed by atoms with E-state index < -0.39 is 0 Å². The Balaban J connectivity index is 1.67. The fraction of sp³-hybridized carbons (Fsp3) is 0.0952. The highest BCUT2D eigenvalue weighted by Crippen LogP contribution is 2.38. The van der Waals surface area contributed by atoms with Crippen molar-refractivity contribution >= 4 is 33.3 Å². The molecule has 0 amide bonds. The number of nitrogens with one attached hydrogen (secondary N) is 1. The first kappa shape index (κ1) is 15.9. The number of hydrogen-bond acceptors (Lipinski definition) is 3. The second-order valence-electron chi connectivity index (χ2n) is 6.02. The fourth-order valence-electron chi connectivity index (χ4n) is 3.24. The van der Waals surface area contributed by atoms with Gasteiger partial charge >= 0.3 is 5.97 Å². The van der Waals surface area contributed by atoms with E-state index >= 15 is 0 Å². The standard InChI is InChI=1S/C21H16BrNO2/c1-25-21(24)19-12-16(8-9-20(19)22)23-15-7-6-14-10-13-4-2-3-5-17(13)18(14)11-15/h2-9,11-12,23H,10H2,1H3. The highest BCUT2D eigenvalue weighted by molar-refractivity contribution is 9.10. The van der Waals surface area contributed by atoms with Gasteiger partial charge in [0.25, 0.3) is 0 Å². The van der Waals surface area contributed by atoms with Crippen LogP contribution in [0.1, 0.15) is 21.5 Å². The van der Waals surface area contributed by atoms with Crippen molar-refractivity contribution in [3.63, 3.8) is 0 Å². The van der Waals surface area contributed by atoms with Crippen molar-refractivity contribution in [3.05, 3.63) is 81.8 Å². The molecular weight excluding hydrogens is 378 g/mol. The van der Waals surface area contributed by atoms with E-state index in [1.54, 1.807) is 6.07 Å². The average Bonchev–Trinajstić information content (AvgIpc) is 3.01. The number of fused-ring (bicyclic) bond motifs is 3. The molecule has 4 rings (SSSR count). The second kappa shape index (κ2) is 6.37. The molecule has 0 aliphatic heterocycles. The van der Waals surface area contributed by atoms with Gasteiger partial charge in [0, 0.05) is 15.8 Å². The topological polar surface area (TPSA) is 38.3 Å². The third-order valence-corrected chi connectivity index (χ3v) is 5.15. The van der Waals surface area contributed by atoms with Crippen LogP contribution in [0.2, 0.25) is 0 Å². The molecule has 3 nitrogen and oxygen atoms in total. The lowest BCUT2D eigenvalue weighted by Crippen LogP contribution is -2.03. The van der Waals surface area contributed by atoms with E-state index in [4.69, 9.17) is 4.74 Å². The molecule has 0 saturated heterocycles. The molecule has 1 aliphatic carbocycles. The number of halogens is 1. The SMILES string of the molecule is COC(=O)c1cc(Nc2ccc3c(c2)-c2ccccc2C3)ccc1Br. The Kier molecular flexibility index (Phi) is 4.06. The molecule has 1 aliphatic rings. The van der Waals surface area contributed by atoms with Gasteiger partial charge in [-0.2, -0.15) is 0 Å². The van der Waals surface area contributed by atoms with Crippen LogP contribution >= 0.6 is 15.9 Å². The molecule has 124 valence electrons. The smallest absolute Gasteiger partial charge is 0.339 e. The fourth-order valence-corrected chi connectivity index (χ4v) is 3.65. The van der Waals surface area contributed by atoms with Crippen molar-refractivity contribution in [3.8, 4) is 11.1 Å². The molecule has 0 atom stereocenters. The van der Waals surface area contributed by atoms with Gasteiger partial charge in [0.1, 0.15) is 0 Å². The third-order valence-electron chi connectivity index (χ3n) is 4.46. The number of ether oxygens (including phenoxy) is 1. The van der Waals surface area contributed by atoms with Crippen LogP contribution in [0.5, 0.6) is 0 Å². The van der Waals surface area contributed by atoms with Crippen molar-refractivity contribution in [2.45, 2.75) is 6.42 Å². The van der Waals surface area contributed by atoms with Gasteiger partial charge in [-0.05, 0) is 74.9 Å². The van der Waals surface area contributed by atoms with Crippen LogP contribution < -0.4 is 5.32 Å². The number of carbonyl (C=O) groups is 1. The minimum absolute atomic E-state index is 0.363. The Labute approximate surface area is 154 Å². The minimum atomic E-state index is -0.363. The predicted molar refractivity (Wildman–Crippen MR) is 103 cm³/mol. The maximum absolute atomic E-state index is 11.8. The Bertz CT molecular complexity index is 981. The molecule has 0 spiro atoms. The number of esters is 1. The van der Waals surface area contributed by atoms with E-state index in [0.717, 1.165) is 17.8 Å². The summed E-state index contributed by atoms with van der Waals surface area (Å²) in [5.41, 5.74) is 7.62. The lowest BCUT2D eigenvalue weighted by molar-refractivity contribution is 0.0599. The van der Waals surface area contributed by atoms with Gasteiger partial charge in [0.05, 0.1) is 12.7 Å². The first-order valence-corrected chi connectivity index (χ1v) is 8.81. The van der Waals surface area contributed by atoms with Crippen LogP contribution in [-0.2, 0) is 11.2 Å². The zero-order valence-corrected chi connectivity index (χ0v) is 15.3. The summed E-state index contributed by atoms with van der Waals surface area (Å²) in [6.45, 7) is 0. The maximum atomic E-state index is 11.8. The van der Waals surface area contributed by atoms with Crippen LogP contribution in [0.4, 0.5) is 11.4 Å². The van der Waals surface area contributed by atoms with E-state index in [-0.39, 0.29) is 5.97 Å². The van der Waals surface area contributed by atoms with Crippen LogP contribution in [-0.4, -0.2) is 13.1 Å². The molecule has 0 radical (unpaired) electrons. The number of benzene rings is 3. The predicted octanol–water partition coefficient (Wildman–Crippen LogP) is 5.55. The van der Waals surface area contributed by atoms with Gasteiger partial charge in [0.15, 0.2) is 0 Å². The molecule has 4 heteroatoms. The number of rotatable bonds is 3. The van der Waals surface area contributed by atoms with E-state index in [9.17, 15) is 4.79 Å². The van der Waals surface area contributed by atoms with Crippen molar-refractivity contribution in [1.82, 2.24) is 0 Å². The lowest BCUT2D eigenvalue weighted by atomic mass is 10.1. The molecule has 0 saturated carbocycles. The van der Waals surface area contributed by atoms with Gasteiger partial charge in [-0.1, -0.05) is 30.3 Å². The molecule has 0 heterocycles. The maximum Gasteiger partial charge on any atom is 0.339 e. The monoisotopic (exact) mass is 393 g/mol. The van der Waals surface area contributed by atoms with Gasteiger partial charge in [-0.25, -0.2) is 4.79 Å². The number of carbonyl (C=O) groups excluding carboxylic acids is 1. The number of methoxy groups -OCH3 is 1. The molecule has 0 bridgehead atoms. The minimum Gasteiger partial charge on any atom is -0.465 e. The molecule has 0 unspecified atom stereocenters. The molecule has 25 heavy (non-hydrogen) atoms. The van der Waals surface area contributed by atoms with Crippen LogP contribution in [0.3, 0.4) is 0 Å². The largest absolute Gasteiger partial charge is 0.465 e. The van der Waals surface area contributed by atoms with E-state index in [0.29, 0.717) is 10.0 Å². The highest BCUT2D eigenvalue weighted by Gasteiger charge is 2.18. The molecule has 0 fully saturated rings. The van der Waals surface area contributed by atoms with Crippen LogP contribution in [0, 0.1) is 0 Å². The zero-order valence-electron chi connectivity index (χ0n) is 13.7. The van der Waals surface area contributed by atoms with Crippen molar-refractivity contribution < 1.29 is 9.53 Å². The lowest BCUT2D eigenvalue weighted by Gasteiger charge is -2.11. The Morgan fingerprint density at radius 3 is 2.52 bits per heavy atom. The number of anilines is 2. The summed E-state index contributed by atoms with van der Waals surface area (Å²) in [6, 6.07) is 20.5. The molecule has 1 N–H and O–H groups in total. The average molecular weight is 394 g/mol. The van der Waals surface area contributed by atoms with Crippen molar-refractivity contribution in [2.24, 2.45) is 0 Å². The van der Waals surface area contributed by atoms with E-state index in [2.05, 4.69) is 63.7 Å². The van der Waals surface area contributed by atoms with Gasteiger partial charge in [-0.15, -0.1) is 0 Å². The summed E-state index contributed by atoms with van der Waals surface area (Å²) < 4.78 is 5.54. The van der Waals surface area contributed by atoms with Crippen LogP contribution in [0.25, 0.3) is 11.1 Å². The molecule has 0 aromatic heterocycles. The van der Waals surface area contributed by atoms with Crippen LogP contribution in [0.15, 0.2) is 65.1 Å². The van der Waals surface area contributed by atoms with Gasteiger partial charge in [0.2, 0.25) is 0 Å². The van der Waals surface area contributed by atoms with Crippen molar-refractivity contribution in [1.29, 1.82) is 0 Å².